The van der Waals surface area contributed by atoms with Crippen LogP contribution in [-0.4, -0.2) is 50.1 Å². The van der Waals surface area contributed by atoms with Crippen molar-refractivity contribution >= 4 is 29.9 Å². The van der Waals surface area contributed by atoms with Crippen LogP contribution in [0.3, 0.4) is 0 Å². The summed E-state index contributed by atoms with van der Waals surface area (Å²) in [6.45, 7) is 9.07. The minimum atomic E-state index is 0. The van der Waals surface area contributed by atoms with E-state index >= 15 is 0 Å². The molecule has 2 saturated carbocycles. The molecule has 0 aliphatic heterocycles. The third-order valence-electron chi connectivity index (χ3n) is 4.42. The van der Waals surface area contributed by atoms with Gasteiger partial charge in [0.05, 0.1) is 0 Å². The third-order valence-corrected chi connectivity index (χ3v) is 4.42. The molecule has 2 rings (SSSR count). The zero-order valence-electron chi connectivity index (χ0n) is 14.6. The Balaban J connectivity index is 0.00000242. The van der Waals surface area contributed by atoms with Crippen LogP contribution in [0.5, 0.6) is 0 Å². The SMILES string of the molecule is CN=C(NCCCC(C)C)NCCN(CC1CC1)C1CC1.I. The van der Waals surface area contributed by atoms with Crippen LogP contribution in [-0.2, 0) is 0 Å². The van der Waals surface area contributed by atoms with Crippen molar-refractivity contribution < 1.29 is 0 Å². The van der Waals surface area contributed by atoms with E-state index in [1.54, 1.807) is 0 Å². The molecule has 0 heterocycles. The molecule has 0 aromatic heterocycles. The van der Waals surface area contributed by atoms with Gasteiger partial charge in [0.1, 0.15) is 0 Å². The van der Waals surface area contributed by atoms with Gasteiger partial charge in [-0.2, -0.15) is 0 Å². The highest BCUT2D eigenvalue weighted by Gasteiger charge is 2.33. The van der Waals surface area contributed by atoms with E-state index in [0.717, 1.165) is 43.5 Å². The second kappa shape index (κ2) is 10.7. The maximum atomic E-state index is 4.31. The first-order valence-corrected chi connectivity index (χ1v) is 8.87. The zero-order valence-corrected chi connectivity index (χ0v) is 16.9. The van der Waals surface area contributed by atoms with Crippen molar-refractivity contribution in [2.45, 2.75) is 58.4 Å². The minimum absolute atomic E-state index is 0. The van der Waals surface area contributed by atoms with Crippen LogP contribution >= 0.6 is 24.0 Å². The first kappa shape index (κ1) is 20.0. The summed E-state index contributed by atoms with van der Waals surface area (Å²) in [5, 5.41) is 6.88. The lowest BCUT2D eigenvalue weighted by atomic mass is 10.1. The number of halogens is 1. The Labute approximate surface area is 153 Å². The van der Waals surface area contributed by atoms with Crippen molar-refractivity contribution in [1.82, 2.24) is 15.5 Å². The van der Waals surface area contributed by atoms with Crippen molar-refractivity contribution in [3.05, 3.63) is 0 Å². The molecule has 0 saturated heterocycles. The largest absolute Gasteiger partial charge is 0.356 e. The molecular weight excluding hydrogens is 387 g/mol. The van der Waals surface area contributed by atoms with E-state index in [9.17, 15) is 0 Å². The van der Waals surface area contributed by atoms with Crippen molar-refractivity contribution in [2.24, 2.45) is 16.8 Å². The molecule has 2 fully saturated rings. The lowest BCUT2D eigenvalue weighted by Crippen LogP contribution is -2.42. The van der Waals surface area contributed by atoms with Crippen molar-refractivity contribution in [3.63, 3.8) is 0 Å². The molecule has 0 aromatic rings. The van der Waals surface area contributed by atoms with Crippen molar-refractivity contribution in [1.29, 1.82) is 0 Å². The molecule has 0 aromatic carbocycles. The molecule has 5 heteroatoms. The number of hydrogen-bond acceptors (Lipinski definition) is 2. The number of nitrogens with zero attached hydrogens (tertiary/aromatic N) is 2. The van der Waals surface area contributed by atoms with E-state index in [1.165, 1.54) is 45.1 Å². The molecule has 2 aliphatic rings. The van der Waals surface area contributed by atoms with E-state index in [0.29, 0.717) is 0 Å². The molecule has 0 unspecified atom stereocenters. The Kier molecular flexibility index (Phi) is 9.71. The van der Waals surface area contributed by atoms with Crippen LogP contribution in [0.2, 0.25) is 0 Å². The van der Waals surface area contributed by atoms with Crippen LogP contribution in [0.4, 0.5) is 0 Å². The van der Waals surface area contributed by atoms with Gasteiger partial charge >= 0.3 is 0 Å². The molecule has 2 N–H and O–H groups in total. The molecule has 0 bridgehead atoms. The summed E-state index contributed by atoms with van der Waals surface area (Å²) in [6, 6.07) is 0.883. The van der Waals surface area contributed by atoms with E-state index in [1.807, 2.05) is 7.05 Å². The van der Waals surface area contributed by atoms with Crippen LogP contribution < -0.4 is 10.6 Å². The number of rotatable bonds is 10. The predicted octanol–water partition coefficient (Wildman–Crippen LogP) is 3.08. The summed E-state index contributed by atoms with van der Waals surface area (Å²) in [6.07, 6.45) is 8.23. The molecule has 0 radical (unpaired) electrons. The van der Waals surface area contributed by atoms with Gasteiger partial charge in [-0.05, 0) is 50.4 Å². The maximum Gasteiger partial charge on any atom is 0.191 e. The normalized spacial score (nSPS) is 18.5. The Morgan fingerprint density at radius 1 is 1.14 bits per heavy atom. The second-order valence-corrected chi connectivity index (χ2v) is 7.13. The van der Waals surface area contributed by atoms with Gasteiger partial charge in [-0.15, -0.1) is 24.0 Å². The lowest BCUT2D eigenvalue weighted by Gasteiger charge is -2.22. The molecule has 0 amide bonds. The maximum absolute atomic E-state index is 4.31. The highest BCUT2D eigenvalue weighted by molar-refractivity contribution is 14.0. The van der Waals surface area contributed by atoms with E-state index < -0.39 is 0 Å². The summed E-state index contributed by atoms with van der Waals surface area (Å²) < 4.78 is 0. The fourth-order valence-corrected chi connectivity index (χ4v) is 2.75. The van der Waals surface area contributed by atoms with Gasteiger partial charge in [-0.3, -0.25) is 9.89 Å². The lowest BCUT2D eigenvalue weighted by molar-refractivity contribution is 0.256. The molecule has 22 heavy (non-hydrogen) atoms. The first-order chi connectivity index (χ1) is 10.2. The van der Waals surface area contributed by atoms with Gasteiger partial charge < -0.3 is 10.6 Å². The monoisotopic (exact) mass is 422 g/mol. The van der Waals surface area contributed by atoms with Crippen LogP contribution in [0.15, 0.2) is 4.99 Å². The molecule has 0 spiro atoms. The minimum Gasteiger partial charge on any atom is -0.356 e. The molecule has 4 nitrogen and oxygen atoms in total. The highest BCUT2D eigenvalue weighted by atomic mass is 127. The molecule has 0 atom stereocenters. The zero-order chi connectivity index (χ0) is 15.1. The fourth-order valence-electron chi connectivity index (χ4n) is 2.75. The molecular formula is C17H35IN4. The number of aliphatic imine (C=N–C) groups is 1. The first-order valence-electron chi connectivity index (χ1n) is 8.87. The van der Waals surface area contributed by atoms with Crippen LogP contribution in [0.1, 0.15) is 52.4 Å². The van der Waals surface area contributed by atoms with Crippen LogP contribution in [0.25, 0.3) is 0 Å². The van der Waals surface area contributed by atoms with E-state index in [4.69, 9.17) is 0 Å². The van der Waals surface area contributed by atoms with Gasteiger partial charge in [0.25, 0.3) is 0 Å². The number of guanidine groups is 1. The topological polar surface area (TPSA) is 39.7 Å². The summed E-state index contributed by atoms with van der Waals surface area (Å²) >= 11 is 0. The number of nitrogens with one attached hydrogen (secondary N) is 2. The van der Waals surface area contributed by atoms with Crippen molar-refractivity contribution in [2.75, 3.05) is 33.2 Å². The average molecular weight is 422 g/mol. The summed E-state index contributed by atoms with van der Waals surface area (Å²) in [4.78, 5) is 7.00. The second-order valence-electron chi connectivity index (χ2n) is 7.13. The van der Waals surface area contributed by atoms with Crippen LogP contribution in [0, 0.1) is 11.8 Å². The third kappa shape index (κ3) is 8.56. The molecule has 2 aliphatic carbocycles. The Morgan fingerprint density at radius 2 is 1.82 bits per heavy atom. The number of hydrogen-bond donors (Lipinski definition) is 2. The smallest absolute Gasteiger partial charge is 0.191 e. The summed E-state index contributed by atoms with van der Waals surface area (Å²) in [5.74, 6) is 2.75. The van der Waals surface area contributed by atoms with E-state index in [-0.39, 0.29) is 24.0 Å². The van der Waals surface area contributed by atoms with Gasteiger partial charge in [0.15, 0.2) is 5.96 Å². The van der Waals surface area contributed by atoms with E-state index in [2.05, 4.69) is 34.4 Å². The highest BCUT2D eigenvalue weighted by Crippen LogP contribution is 2.34. The summed E-state index contributed by atoms with van der Waals surface area (Å²) in [7, 11) is 1.86. The fraction of sp³-hybridized carbons (Fsp3) is 0.941. The summed E-state index contributed by atoms with van der Waals surface area (Å²) in [5.41, 5.74) is 0. The van der Waals surface area contributed by atoms with Gasteiger partial charge in [0, 0.05) is 39.3 Å². The van der Waals surface area contributed by atoms with Gasteiger partial charge in [-0.1, -0.05) is 13.8 Å². The molecule has 130 valence electrons. The predicted molar refractivity (Wildman–Crippen MR) is 106 cm³/mol. The Hall–Kier alpha value is -0.0400. The average Bonchev–Trinajstić information content (AvgIpc) is 3.33. The Morgan fingerprint density at radius 3 is 2.36 bits per heavy atom. The van der Waals surface area contributed by atoms with Gasteiger partial charge in [0.2, 0.25) is 0 Å². The standard InChI is InChI=1S/C17H34N4.HI/c1-14(2)5-4-10-19-17(18-3)20-11-12-21(16-8-9-16)13-15-6-7-15;/h14-16H,4-13H2,1-3H3,(H2,18,19,20);1H. The Bertz CT molecular complexity index is 325. The quantitative estimate of drug-likeness (QED) is 0.246. The van der Waals surface area contributed by atoms with Gasteiger partial charge in [-0.25, -0.2) is 0 Å². The van der Waals surface area contributed by atoms with Crippen molar-refractivity contribution in [3.8, 4) is 0 Å².